The van der Waals surface area contributed by atoms with Crippen LogP contribution in [0, 0.1) is 17.0 Å². The van der Waals surface area contributed by atoms with Gasteiger partial charge in [-0.15, -0.1) is 0 Å². The van der Waals surface area contributed by atoms with Crippen LogP contribution in [0.1, 0.15) is 28.6 Å². The van der Waals surface area contributed by atoms with Crippen molar-refractivity contribution in [2.24, 2.45) is 0 Å². The third kappa shape index (κ3) is 3.70. The van der Waals surface area contributed by atoms with E-state index in [1.54, 1.807) is 66.3 Å². The fraction of sp³-hybridized carbons (Fsp3) is 0.120. The van der Waals surface area contributed by atoms with E-state index >= 15 is 0 Å². The summed E-state index contributed by atoms with van der Waals surface area (Å²) in [4.78, 5) is 47.2. The van der Waals surface area contributed by atoms with Gasteiger partial charge in [0.1, 0.15) is 11.3 Å². The Bertz CT molecular complexity index is 1530. The number of fused-ring (bicyclic) bond motifs is 1. The van der Waals surface area contributed by atoms with E-state index in [0.717, 1.165) is 0 Å². The summed E-state index contributed by atoms with van der Waals surface area (Å²) >= 11 is 0. The number of Topliss-reactive ketones (excluding diaryl/α,β-unsaturated/α-hetero) is 1. The molecule has 0 radical (unpaired) electrons. The highest BCUT2D eigenvalue weighted by Crippen LogP contribution is 2.41. The number of imidazole rings is 1. The number of likely N-dealkylation sites (tertiary alicyclic amines) is 1. The van der Waals surface area contributed by atoms with Crippen molar-refractivity contribution in [3.63, 3.8) is 0 Å². The third-order valence-electron chi connectivity index (χ3n) is 5.94. The predicted molar refractivity (Wildman–Crippen MR) is 125 cm³/mol. The van der Waals surface area contributed by atoms with Gasteiger partial charge in [-0.05, 0) is 36.2 Å². The van der Waals surface area contributed by atoms with Gasteiger partial charge < -0.3 is 10.0 Å². The number of ketones is 1. The van der Waals surface area contributed by atoms with E-state index in [1.165, 1.54) is 23.1 Å². The average molecular weight is 469 g/mol. The molecule has 1 N–H and O–H groups in total. The van der Waals surface area contributed by atoms with Gasteiger partial charge in [0.2, 0.25) is 0 Å². The zero-order valence-electron chi connectivity index (χ0n) is 18.5. The number of non-ortho nitro benzene ring substituents is 1. The molecule has 0 saturated carbocycles. The van der Waals surface area contributed by atoms with Crippen molar-refractivity contribution in [2.75, 3.05) is 0 Å². The van der Waals surface area contributed by atoms with E-state index in [4.69, 9.17) is 0 Å². The lowest BCUT2D eigenvalue weighted by molar-refractivity contribution is -0.384. The normalized spacial score (nSPS) is 17.3. The number of nitro groups is 1. The number of aliphatic hydroxyl groups excluding tert-OH is 1. The second-order valence-electron chi connectivity index (χ2n) is 8.12. The maximum atomic E-state index is 13.3. The Labute approximate surface area is 198 Å². The minimum Gasteiger partial charge on any atom is -0.505 e. The van der Waals surface area contributed by atoms with Gasteiger partial charge in [-0.25, -0.2) is 4.98 Å². The fourth-order valence-corrected chi connectivity index (χ4v) is 4.41. The van der Waals surface area contributed by atoms with Gasteiger partial charge >= 0.3 is 0 Å². The first-order valence-electron chi connectivity index (χ1n) is 10.7. The lowest BCUT2D eigenvalue weighted by Crippen LogP contribution is -2.29. The summed E-state index contributed by atoms with van der Waals surface area (Å²) in [6, 6.07) is 13.4. The van der Waals surface area contributed by atoms with Crippen LogP contribution < -0.4 is 0 Å². The van der Waals surface area contributed by atoms with Crippen LogP contribution in [-0.2, 0) is 16.1 Å². The Morgan fingerprint density at radius 1 is 1.14 bits per heavy atom. The summed E-state index contributed by atoms with van der Waals surface area (Å²) < 4.78 is 1.63. The van der Waals surface area contributed by atoms with E-state index in [-0.39, 0.29) is 23.5 Å². The summed E-state index contributed by atoms with van der Waals surface area (Å²) in [6.07, 6.45) is 4.85. The Morgan fingerprint density at radius 3 is 2.71 bits per heavy atom. The van der Waals surface area contributed by atoms with E-state index < -0.39 is 28.4 Å². The quantitative estimate of drug-likeness (QED) is 0.155. The number of hydrogen-bond acceptors (Lipinski definition) is 7. The van der Waals surface area contributed by atoms with Crippen LogP contribution in [0.4, 0.5) is 5.69 Å². The molecular formula is C25H19N5O5. The van der Waals surface area contributed by atoms with Gasteiger partial charge in [0, 0.05) is 37.3 Å². The van der Waals surface area contributed by atoms with Gasteiger partial charge in [0.25, 0.3) is 17.4 Å². The first-order chi connectivity index (χ1) is 16.9. The fourth-order valence-electron chi connectivity index (χ4n) is 4.41. The number of aromatic nitrogens is 3. The van der Waals surface area contributed by atoms with Gasteiger partial charge in [0.05, 0.1) is 22.2 Å². The molecule has 0 spiro atoms. The smallest absolute Gasteiger partial charge is 0.295 e. The Morgan fingerprint density at radius 2 is 1.97 bits per heavy atom. The minimum absolute atomic E-state index is 0.0225. The summed E-state index contributed by atoms with van der Waals surface area (Å²) in [6.45, 7) is 1.71. The van der Waals surface area contributed by atoms with E-state index in [0.29, 0.717) is 22.5 Å². The number of rotatable bonds is 5. The molecule has 1 saturated heterocycles. The van der Waals surface area contributed by atoms with Crippen molar-refractivity contribution in [3.05, 3.63) is 111 Å². The Kier molecular flexibility index (Phi) is 5.33. The van der Waals surface area contributed by atoms with Crippen molar-refractivity contribution in [3.8, 4) is 0 Å². The lowest BCUT2D eigenvalue weighted by Gasteiger charge is -2.25. The van der Waals surface area contributed by atoms with Gasteiger partial charge in [-0.2, -0.15) is 0 Å². The van der Waals surface area contributed by atoms with Crippen LogP contribution in [0.25, 0.3) is 11.4 Å². The van der Waals surface area contributed by atoms with Crippen LogP contribution in [-0.4, -0.2) is 41.0 Å². The monoisotopic (exact) mass is 469 g/mol. The van der Waals surface area contributed by atoms with Crippen molar-refractivity contribution >= 4 is 28.8 Å². The number of nitrogens with zero attached hydrogens (tertiary/aromatic N) is 5. The van der Waals surface area contributed by atoms with Crippen molar-refractivity contribution in [2.45, 2.75) is 19.5 Å². The summed E-state index contributed by atoms with van der Waals surface area (Å²) in [7, 11) is 0. The molecule has 1 unspecified atom stereocenters. The molecule has 35 heavy (non-hydrogen) atoms. The first kappa shape index (κ1) is 22.0. The van der Waals surface area contributed by atoms with Crippen LogP contribution in [0.15, 0.2) is 78.8 Å². The third-order valence-corrected chi connectivity index (χ3v) is 5.94. The van der Waals surface area contributed by atoms with Crippen LogP contribution in [0.2, 0.25) is 0 Å². The lowest BCUT2D eigenvalue weighted by atomic mass is 9.95. The molecule has 4 heterocycles. The molecule has 174 valence electrons. The van der Waals surface area contributed by atoms with E-state index in [9.17, 15) is 24.8 Å². The maximum absolute atomic E-state index is 13.3. The molecular weight excluding hydrogens is 450 g/mol. The molecule has 10 nitrogen and oxygen atoms in total. The van der Waals surface area contributed by atoms with Gasteiger partial charge in [-0.1, -0.05) is 24.3 Å². The molecule has 3 aromatic heterocycles. The molecule has 1 aliphatic rings. The molecule has 4 aromatic rings. The highest BCUT2D eigenvalue weighted by Gasteiger charge is 2.47. The number of aryl methyl sites for hydroxylation is 1. The van der Waals surface area contributed by atoms with Gasteiger partial charge in [-0.3, -0.25) is 29.1 Å². The average Bonchev–Trinajstić information content (AvgIpc) is 3.32. The number of carbonyl (C=O) groups is 2. The highest BCUT2D eigenvalue weighted by molar-refractivity contribution is 6.46. The summed E-state index contributed by atoms with van der Waals surface area (Å²) in [5.41, 5.74) is 1.93. The van der Waals surface area contributed by atoms with Crippen LogP contribution in [0.3, 0.4) is 0 Å². The van der Waals surface area contributed by atoms with Gasteiger partial charge in [0.15, 0.2) is 5.76 Å². The Balaban J connectivity index is 1.74. The topological polar surface area (TPSA) is 131 Å². The molecule has 1 aromatic carbocycles. The van der Waals surface area contributed by atoms with Crippen LogP contribution in [0.5, 0.6) is 0 Å². The number of hydrogen-bond donors (Lipinski definition) is 1. The number of carbonyl (C=O) groups excluding carboxylic acids is 2. The number of benzene rings is 1. The second-order valence-corrected chi connectivity index (χ2v) is 8.12. The summed E-state index contributed by atoms with van der Waals surface area (Å²) in [5, 5.41) is 22.9. The minimum atomic E-state index is -1.05. The Hall–Kier alpha value is -4.86. The number of pyridine rings is 2. The molecule has 1 atom stereocenters. The number of aliphatic hydroxyl groups is 1. The van der Waals surface area contributed by atoms with E-state index in [2.05, 4.69) is 9.97 Å². The zero-order valence-corrected chi connectivity index (χ0v) is 18.5. The zero-order chi connectivity index (χ0) is 24.7. The molecule has 1 amide bonds. The molecule has 10 heteroatoms. The number of amides is 1. The number of nitro benzene ring substituents is 1. The first-order valence-corrected chi connectivity index (χ1v) is 10.7. The van der Waals surface area contributed by atoms with Crippen molar-refractivity contribution in [1.82, 2.24) is 19.3 Å². The maximum Gasteiger partial charge on any atom is 0.295 e. The summed E-state index contributed by atoms with van der Waals surface area (Å²) in [5.74, 6) is -2.10. The van der Waals surface area contributed by atoms with E-state index in [1.807, 2.05) is 0 Å². The highest BCUT2D eigenvalue weighted by atomic mass is 16.6. The molecule has 5 rings (SSSR count). The predicted octanol–water partition coefficient (Wildman–Crippen LogP) is 3.57. The molecule has 0 bridgehead atoms. The largest absolute Gasteiger partial charge is 0.505 e. The van der Waals surface area contributed by atoms with Crippen LogP contribution >= 0.6 is 0 Å². The van der Waals surface area contributed by atoms with Crippen molar-refractivity contribution < 1.29 is 19.6 Å². The molecule has 1 fully saturated rings. The SMILES string of the molecule is Cc1nc2ccccn2c1/C(O)=C1\C(=O)C(=O)N(Cc2cccnc2)C1c1cccc([N+](=O)[O-])c1. The standard InChI is InChI=1S/C25H19N5O5/c1-15-21(28-11-3-2-9-19(28)27-15)23(31)20-22(17-7-4-8-18(12-17)30(34)35)29(25(33)24(20)32)14-16-6-5-10-26-13-16/h2-13,22,31H,14H2,1H3/b23-20+. The molecule has 1 aliphatic heterocycles. The van der Waals surface area contributed by atoms with Crippen molar-refractivity contribution in [1.29, 1.82) is 0 Å². The molecule has 0 aliphatic carbocycles. The second kappa shape index (κ2) is 8.49.